The summed E-state index contributed by atoms with van der Waals surface area (Å²) < 4.78 is 1.76. The molecule has 0 fully saturated rings. The summed E-state index contributed by atoms with van der Waals surface area (Å²) in [5, 5.41) is 11.9. The lowest BCUT2D eigenvalue weighted by molar-refractivity contribution is 0.262. The van der Waals surface area contributed by atoms with Crippen LogP contribution in [0.5, 0.6) is 0 Å². The SMILES string of the molecule is Cc1nn(Cc2c(Cl)cccc2Cl)c(C)c1NC(=O)Nc1ccc(Cl)cc1. The number of halogens is 3. The molecule has 0 saturated heterocycles. The summed E-state index contributed by atoms with van der Waals surface area (Å²) >= 11 is 18.4. The minimum Gasteiger partial charge on any atom is -0.308 e. The molecule has 0 spiro atoms. The lowest BCUT2D eigenvalue weighted by Crippen LogP contribution is -2.20. The second-order valence-electron chi connectivity index (χ2n) is 5.99. The molecule has 0 atom stereocenters. The Labute approximate surface area is 172 Å². The fourth-order valence-corrected chi connectivity index (χ4v) is 3.32. The van der Waals surface area contributed by atoms with Crippen LogP contribution in [0.25, 0.3) is 0 Å². The highest BCUT2D eigenvalue weighted by Gasteiger charge is 2.16. The van der Waals surface area contributed by atoms with Crippen molar-refractivity contribution in [3.63, 3.8) is 0 Å². The first kappa shape index (κ1) is 19.5. The zero-order valence-electron chi connectivity index (χ0n) is 14.7. The highest BCUT2D eigenvalue weighted by atomic mass is 35.5. The third-order valence-corrected chi connectivity index (χ3v) is 5.05. The van der Waals surface area contributed by atoms with Crippen molar-refractivity contribution in [3.05, 3.63) is 74.5 Å². The predicted octanol–water partition coefficient (Wildman–Crippen LogP) is 6.15. The molecule has 8 heteroatoms. The maximum Gasteiger partial charge on any atom is 0.323 e. The monoisotopic (exact) mass is 422 g/mol. The fourth-order valence-electron chi connectivity index (χ4n) is 2.67. The number of amides is 2. The second kappa shape index (κ2) is 8.21. The van der Waals surface area contributed by atoms with Crippen molar-refractivity contribution in [1.82, 2.24) is 9.78 Å². The predicted molar refractivity (Wildman–Crippen MR) is 111 cm³/mol. The number of rotatable bonds is 4. The molecule has 5 nitrogen and oxygen atoms in total. The zero-order chi connectivity index (χ0) is 19.6. The number of benzene rings is 2. The summed E-state index contributed by atoms with van der Waals surface area (Å²) in [6.45, 7) is 4.12. The van der Waals surface area contributed by atoms with Gasteiger partial charge in [-0.2, -0.15) is 5.10 Å². The van der Waals surface area contributed by atoms with Crippen LogP contribution in [0, 0.1) is 13.8 Å². The molecular formula is C19H17Cl3N4O. The van der Waals surface area contributed by atoms with Gasteiger partial charge in [-0.3, -0.25) is 4.68 Å². The van der Waals surface area contributed by atoms with Crippen LogP contribution in [0.1, 0.15) is 17.0 Å². The minimum atomic E-state index is -0.362. The number of urea groups is 1. The van der Waals surface area contributed by atoms with Gasteiger partial charge >= 0.3 is 6.03 Å². The molecule has 0 unspecified atom stereocenters. The van der Waals surface area contributed by atoms with Gasteiger partial charge in [-0.25, -0.2) is 4.79 Å². The highest BCUT2D eigenvalue weighted by Crippen LogP contribution is 2.27. The van der Waals surface area contributed by atoms with Gasteiger partial charge in [-0.05, 0) is 50.2 Å². The molecule has 140 valence electrons. The molecule has 3 rings (SSSR count). The molecule has 0 saturated carbocycles. The first-order valence-corrected chi connectivity index (χ1v) is 9.29. The summed E-state index contributed by atoms with van der Waals surface area (Å²) in [5.41, 5.74) is 3.56. The lowest BCUT2D eigenvalue weighted by atomic mass is 10.2. The molecule has 0 aliphatic rings. The van der Waals surface area contributed by atoms with E-state index in [0.29, 0.717) is 38.7 Å². The summed E-state index contributed by atoms with van der Waals surface area (Å²) in [6, 6.07) is 11.9. The number of carbonyl (C=O) groups is 1. The van der Waals surface area contributed by atoms with Crippen molar-refractivity contribution in [1.29, 1.82) is 0 Å². The van der Waals surface area contributed by atoms with Gasteiger partial charge in [0.2, 0.25) is 0 Å². The van der Waals surface area contributed by atoms with E-state index in [0.717, 1.165) is 11.3 Å². The molecule has 2 aromatic carbocycles. The Kier molecular flexibility index (Phi) is 5.95. The van der Waals surface area contributed by atoms with E-state index in [9.17, 15) is 4.79 Å². The van der Waals surface area contributed by atoms with Crippen molar-refractivity contribution in [3.8, 4) is 0 Å². The summed E-state index contributed by atoms with van der Waals surface area (Å²) in [6.07, 6.45) is 0. The van der Waals surface area contributed by atoms with Gasteiger partial charge < -0.3 is 10.6 Å². The molecule has 2 N–H and O–H groups in total. The molecule has 27 heavy (non-hydrogen) atoms. The Hall–Kier alpha value is -2.21. The minimum absolute atomic E-state index is 0.362. The van der Waals surface area contributed by atoms with E-state index in [1.807, 2.05) is 13.8 Å². The van der Waals surface area contributed by atoms with E-state index in [4.69, 9.17) is 34.8 Å². The van der Waals surface area contributed by atoms with E-state index >= 15 is 0 Å². The van der Waals surface area contributed by atoms with Crippen molar-refractivity contribution in [2.24, 2.45) is 0 Å². The molecule has 0 bridgehead atoms. The van der Waals surface area contributed by atoms with E-state index in [1.165, 1.54) is 0 Å². The van der Waals surface area contributed by atoms with Crippen LogP contribution in [-0.4, -0.2) is 15.8 Å². The standard InChI is InChI=1S/C19H17Cl3N4O/c1-11-18(24-19(27)23-14-8-6-13(20)7-9-14)12(2)26(25-11)10-15-16(21)4-3-5-17(15)22/h3-9H,10H2,1-2H3,(H2,23,24,27). The number of aryl methyl sites for hydroxylation is 1. The molecule has 3 aromatic rings. The second-order valence-corrected chi connectivity index (χ2v) is 7.24. The van der Waals surface area contributed by atoms with E-state index in [1.54, 1.807) is 47.1 Å². The van der Waals surface area contributed by atoms with E-state index < -0.39 is 0 Å². The lowest BCUT2D eigenvalue weighted by Gasteiger charge is -2.10. The number of nitrogens with zero attached hydrogens (tertiary/aromatic N) is 2. The molecule has 0 aliphatic heterocycles. The van der Waals surface area contributed by atoms with Gasteiger partial charge in [0.05, 0.1) is 23.6 Å². The third kappa shape index (κ3) is 4.56. The van der Waals surface area contributed by atoms with Crippen molar-refractivity contribution >= 4 is 52.2 Å². The largest absolute Gasteiger partial charge is 0.323 e. The van der Waals surface area contributed by atoms with Crippen LogP contribution >= 0.6 is 34.8 Å². The third-order valence-electron chi connectivity index (χ3n) is 4.09. The van der Waals surface area contributed by atoms with Crippen molar-refractivity contribution in [2.45, 2.75) is 20.4 Å². The van der Waals surface area contributed by atoms with Gasteiger partial charge in [0.1, 0.15) is 0 Å². The Morgan fingerprint density at radius 1 is 1.00 bits per heavy atom. The Balaban J connectivity index is 1.77. The zero-order valence-corrected chi connectivity index (χ0v) is 17.0. The number of aromatic nitrogens is 2. The molecule has 0 radical (unpaired) electrons. The number of hydrogen-bond donors (Lipinski definition) is 2. The first-order chi connectivity index (χ1) is 12.8. The summed E-state index contributed by atoms with van der Waals surface area (Å²) in [5.74, 6) is 0. The Morgan fingerprint density at radius 3 is 2.26 bits per heavy atom. The molecule has 1 heterocycles. The van der Waals surface area contributed by atoms with Crippen molar-refractivity contribution < 1.29 is 4.79 Å². The fraction of sp³-hybridized carbons (Fsp3) is 0.158. The quantitative estimate of drug-likeness (QED) is 0.528. The topological polar surface area (TPSA) is 59.0 Å². The molecule has 1 aromatic heterocycles. The van der Waals surface area contributed by atoms with E-state index in [-0.39, 0.29) is 6.03 Å². The van der Waals surface area contributed by atoms with Crippen LogP contribution < -0.4 is 10.6 Å². The molecular weight excluding hydrogens is 407 g/mol. The van der Waals surface area contributed by atoms with Crippen LogP contribution in [0.15, 0.2) is 42.5 Å². The molecule has 2 amide bonds. The highest BCUT2D eigenvalue weighted by molar-refractivity contribution is 6.36. The normalized spacial score (nSPS) is 10.7. The number of hydrogen-bond acceptors (Lipinski definition) is 2. The Morgan fingerprint density at radius 2 is 1.63 bits per heavy atom. The van der Waals surface area contributed by atoms with Crippen LogP contribution in [0.3, 0.4) is 0 Å². The van der Waals surface area contributed by atoms with E-state index in [2.05, 4.69) is 15.7 Å². The van der Waals surface area contributed by atoms with Crippen LogP contribution in [0.2, 0.25) is 15.1 Å². The van der Waals surface area contributed by atoms with Gasteiger partial charge in [0.25, 0.3) is 0 Å². The number of carbonyl (C=O) groups excluding carboxylic acids is 1. The van der Waals surface area contributed by atoms with Gasteiger partial charge in [-0.1, -0.05) is 40.9 Å². The average molecular weight is 424 g/mol. The van der Waals surface area contributed by atoms with Crippen molar-refractivity contribution in [2.75, 3.05) is 10.6 Å². The van der Waals surface area contributed by atoms with Gasteiger partial charge in [0.15, 0.2) is 0 Å². The maximum atomic E-state index is 12.3. The van der Waals surface area contributed by atoms with Crippen LogP contribution in [-0.2, 0) is 6.54 Å². The first-order valence-electron chi connectivity index (χ1n) is 8.15. The number of nitrogens with one attached hydrogen (secondary N) is 2. The summed E-state index contributed by atoms with van der Waals surface area (Å²) in [4.78, 5) is 12.3. The summed E-state index contributed by atoms with van der Waals surface area (Å²) in [7, 11) is 0. The maximum absolute atomic E-state index is 12.3. The number of anilines is 2. The van der Waals surface area contributed by atoms with Crippen LogP contribution in [0.4, 0.5) is 16.2 Å². The van der Waals surface area contributed by atoms with Gasteiger partial charge in [0, 0.05) is 26.3 Å². The smallest absolute Gasteiger partial charge is 0.308 e. The van der Waals surface area contributed by atoms with Gasteiger partial charge in [-0.15, -0.1) is 0 Å². The average Bonchev–Trinajstić information content (AvgIpc) is 2.88. The molecule has 0 aliphatic carbocycles. The Bertz CT molecular complexity index is 963.